The molecule has 2 aromatic carbocycles. The highest BCUT2D eigenvalue weighted by molar-refractivity contribution is 7.92. The van der Waals surface area contributed by atoms with Crippen LogP contribution in [0.4, 0.5) is 5.69 Å². The quantitative estimate of drug-likeness (QED) is 0.500. The van der Waals surface area contributed by atoms with Gasteiger partial charge in [-0.25, -0.2) is 13.2 Å². The maximum Gasteiger partial charge on any atom is 0.338 e. The van der Waals surface area contributed by atoms with Crippen LogP contribution in [-0.4, -0.2) is 40.9 Å². The van der Waals surface area contributed by atoms with Gasteiger partial charge in [-0.1, -0.05) is 12.1 Å². The summed E-state index contributed by atoms with van der Waals surface area (Å²) in [5.41, 5.74) is 0.305. The van der Waals surface area contributed by atoms with Gasteiger partial charge in [-0.05, 0) is 92.7 Å². The molecule has 0 unspecified atom stereocenters. The van der Waals surface area contributed by atoms with Crippen molar-refractivity contribution in [3.63, 3.8) is 0 Å². The lowest BCUT2D eigenvalue weighted by molar-refractivity contribution is -0.147. The number of benzene rings is 2. The van der Waals surface area contributed by atoms with E-state index in [4.69, 9.17) is 9.47 Å². The second-order valence-electron chi connectivity index (χ2n) is 10.4. The first-order valence-electron chi connectivity index (χ1n) is 12.1. The monoisotopic (exact) mass is 497 g/mol. The number of methoxy groups -OCH3 is 1. The summed E-state index contributed by atoms with van der Waals surface area (Å²) in [4.78, 5) is 25.8. The van der Waals surface area contributed by atoms with E-state index in [9.17, 15) is 18.0 Å². The Balaban J connectivity index is 1.24. The standard InChI is InChI=1S/C27H31NO6S/c1-28(23-5-3-4-6-24(23)33-2)35(31,32)22-9-7-21(8-10-22)26(30)34-17-25(29)27-14-18-11-19(15-27)13-20(12-18)16-27/h3-10,18-20H,11-17H2,1-2H3. The Morgan fingerprint density at radius 1 is 0.943 bits per heavy atom. The molecule has 0 amide bonds. The Morgan fingerprint density at radius 3 is 2.09 bits per heavy atom. The van der Waals surface area contributed by atoms with E-state index in [1.807, 2.05) is 0 Å². The van der Waals surface area contributed by atoms with Crippen LogP contribution in [0.3, 0.4) is 0 Å². The fourth-order valence-corrected chi connectivity index (χ4v) is 7.97. The maximum absolute atomic E-state index is 13.1. The molecule has 4 aliphatic carbocycles. The minimum absolute atomic E-state index is 0.0344. The summed E-state index contributed by atoms with van der Waals surface area (Å²) >= 11 is 0. The number of esters is 1. The molecule has 0 atom stereocenters. The number of rotatable bonds is 8. The number of ketones is 1. The molecular formula is C27H31NO6S. The highest BCUT2D eigenvalue weighted by Gasteiger charge is 2.54. The molecule has 4 aliphatic rings. The molecule has 0 aliphatic heterocycles. The first-order chi connectivity index (χ1) is 16.7. The van der Waals surface area contributed by atoms with E-state index in [1.165, 1.54) is 57.7 Å². The summed E-state index contributed by atoms with van der Waals surface area (Å²) in [6, 6.07) is 12.4. The number of anilines is 1. The Labute approximate surface area is 206 Å². The summed E-state index contributed by atoms with van der Waals surface area (Å²) in [5, 5.41) is 0. The zero-order chi connectivity index (χ0) is 24.8. The number of para-hydroxylation sites is 2. The van der Waals surface area contributed by atoms with Crippen LogP contribution in [0.25, 0.3) is 0 Å². The SMILES string of the molecule is COc1ccccc1N(C)S(=O)(=O)c1ccc(C(=O)OCC(=O)C23CC4CC(CC(C4)C2)C3)cc1. The Hall–Kier alpha value is -2.87. The molecule has 2 aromatic rings. The van der Waals surface area contributed by atoms with Crippen LogP contribution in [0.2, 0.25) is 0 Å². The molecule has 4 bridgehead atoms. The predicted octanol–water partition coefficient (Wildman–Crippen LogP) is 4.46. The van der Waals surface area contributed by atoms with Gasteiger partial charge in [0.2, 0.25) is 0 Å². The number of hydrogen-bond donors (Lipinski definition) is 0. The molecule has 0 saturated heterocycles. The summed E-state index contributed by atoms with van der Waals surface area (Å²) in [7, 11) is -0.942. The number of sulfonamides is 1. The van der Waals surface area contributed by atoms with Gasteiger partial charge in [-0.15, -0.1) is 0 Å². The largest absolute Gasteiger partial charge is 0.495 e. The summed E-state index contributed by atoms with van der Waals surface area (Å²) < 4.78 is 38.0. The first kappa shape index (κ1) is 23.9. The number of Topliss-reactive ketones (excluding diaryl/α,β-unsaturated/α-hetero) is 1. The third kappa shape index (κ3) is 4.33. The smallest absolute Gasteiger partial charge is 0.338 e. The van der Waals surface area contributed by atoms with E-state index in [0.717, 1.165) is 23.6 Å². The van der Waals surface area contributed by atoms with Crippen molar-refractivity contribution >= 4 is 27.5 Å². The molecule has 7 nitrogen and oxygen atoms in total. The zero-order valence-corrected chi connectivity index (χ0v) is 20.9. The van der Waals surface area contributed by atoms with Gasteiger partial charge in [0.25, 0.3) is 10.0 Å². The number of ether oxygens (including phenoxy) is 2. The molecule has 4 saturated carbocycles. The van der Waals surface area contributed by atoms with E-state index >= 15 is 0 Å². The summed E-state index contributed by atoms with van der Waals surface area (Å²) in [5.74, 6) is 1.79. The van der Waals surface area contributed by atoms with Crippen molar-refractivity contribution in [2.24, 2.45) is 23.2 Å². The molecule has 0 aromatic heterocycles. The molecule has 0 radical (unpaired) electrons. The van der Waals surface area contributed by atoms with Gasteiger partial charge in [-0.3, -0.25) is 9.10 Å². The van der Waals surface area contributed by atoms with Crippen molar-refractivity contribution in [1.29, 1.82) is 0 Å². The number of carbonyl (C=O) groups is 2. The minimum atomic E-state index is -3.87. The molecule has 35 heavy (non-hydrogen) atoms. The predicted molar refractivity (Wildman–Crippen MR) is 131 cm³/mol. The van der Waals surface area contributed by atoms with Crippen molar-refractivity contribution in [1.82, 2.24) is 0 Å². The summed E-state index contributed by atoms with van der Waals surface area (Å²) in [6.45, 7) is -0.221. The topological polar surface area (TPSA) is 90.0 Å². The third-order valence-corrected chi connectivity index (χ3v) is 9.92. The van der Waals surface area contributed by atoms with Crippen molar-refractivity contribution in [2.75, 3.05) is 25.1 Å². The second-order valence-corrected chi connectivity index (χ2v) is 12.3. The highest BCUT2D eigenvalue weighted by atomic mass is 32.2. The van der Waals surface area contributed by atoms with E-state index in [-0.39, 0.29) is 28.3 Å². The third-order valence-electron chi connectivity index (χ3n) is 8.14. The van der Waals surface area contributed by atoms with Gasteiger partial charge in [0.1, 0.15) is 5.75 Å². The van der Waals surface area contributed by atoms with Crippen molar-refractivity contribution in [3.8, 4) is 5.75 Å². The number of carbonyl (C=O) groups excluding carboxylic acids is 2. The van der Waals surface area contributed by atoms with Gasteiger partial charge in [0.15, 0.2) is 12.4 Å². The molecule has 0 heterocycles. The Bertz CT molecular complexity index is 1200. The van der Waals surface area contributed by atoms with E-state index in [2.05, 4.69) is 0 Å². The van der Waals surface area contributed by atoms with Gasteiger partial charge < -0.3 is 9.47 Å². The van der Waals surface area contributed by atoms with E-state index in [1.54, 1.807) is 24.3 Å². The average molecular weight is 498 g/mol. The van der Waals surface area contributed by atoms with E-state index < -0.39 is 16.0 Å². The lowest BCUT2D eigenvalue weighted by Crippen LogP contribution is -2.51. The van der Waals surface area contributed by atoms with Crippen LogP contribution in [0, 0.1) is 23.2 Å². The van der Waals surface area contributed by atoms with Gasteiger partial charge in [-0.2, -0.15) is 0 Å². The van der Waals surface area contributed by atoms with Crippen LogP contribution in [0.15, 0.2) is 53.4 Å². The van der Waals surface area contributed by atoms with Crippen LogP contribution in [-0.2, 0) is 19.6 Å². The van der Waals surface area contributed by atoms with Gasteiger partial charge in [0, 0.05) is 12.5 Å². The minimum Gasteiger partial charge on any atom is -0.495 e. The molecule has 8 heteroatoms. The van der Waals surface area contributed by atoms with E-state index in [0.29, 0.717) is 29.2 Å². The second kappa shape index (κ2) is 8.97. The van der Waals surface area contributed by atoms with Crippen molar-refractivity contribution in [3.05, 3.63) is 54.1 Å². The Kier molecular flexibility index (Phi) is 6.11. The van der Waals surface area contributed by atoms with Crippen molar-refractivity contribution < 1.29 is 27.5 Å². The van der Waals surface area contributed by atoms with Crippen LogP contribution in [0.1, 0.15) is 48.9 Å². The van der Waals surface area contributed by atoms with Crippen molar-refractivity contribution in [2.45, 2.75) is 43.4 Å². The number of nitrogens with zero attached hydrogens (tertiary/aromatic N) is 1. The van der Waals surface area contributed by atoms with Crippen LogP contribution in [0.5, 0.6) is 5.75 Å². The van der Waals surface area contributed by atoms with Gasteiger partial charge >= 0.3 is 5.97 Å². The number of hydrogen-bond acceptors (Lipinski definition) is 6. The molecular weight excluding hydrogens is 466 g/mol. The molecule has 4 fully saturated rings. The van der Waals surface area contributed by atoms with Crippen LogP contribution >= 0.6 is 0 Å². The lowest BCUT2D eigenvalue weighted by atomic mass is 9.48. The fourth-order valence-electron chi connectivity index (χ4n) is 6.76. The lowest BCUT2D eigenvalue weighted by Gasteiger charge is -2.55. The molecule has 6 rings (SSSR count). The molecule has 0 N–H and O–H groups in total. The highest BCUT2D eigenvalue weighted by Crippen LogP contribution is 2.60. The molecule has 0 spiro atoms. The average Bonchev–Trinajstić information content (AvgIpc) is 2.85. The first-order valence-corrected chi connectivity index (χ1v) is 13.6. The summed E-state index contributed by atoms with van der Waals surface area (Å²) in [6.07, 6.45) is 6.53. The Morgan fingerprint density at radius 2 is 1.51 bits per heavy atom. The zero-order valence-electron chi connectivity index (χ0n) is 20.1. The van der Waals surface area contributed by atoms with Gasteiger partial charge in [0.05, 0.1) is 23.3 Å². The normalized spacial score (nSPS) is 26.9. The fraction of sp³-hybridized carbons (Fsp3) is 0.481. The maximum atomic E-state index is 13.1. The molecule has 186 valence electrons. The van der Waals surface area contributed by atoms with Crippen LogP contribution < -0.4 is 9.04 Å².